The number of hydrogen-bond donors (Lipinski definition) is 1. The number of para-hydroxylation sites is 2. The Hall–Kier alpha value is -2.95. The summed E-state index contributed by atoms with van der Waals surface area (Å²) >= 11 is 0. The third-order valence-electron chi connectivity index (χ3n) is 6.32. The van der Waals surface area contributed by atoms with Gasteiger partial charge in [-0.05, 0) is 36.5 Å². The van der Waals surface area contributed by atoms with Gasteiger partial charge in [-0.15, -0.1) is 0 Å². The maximum Gasteiger partial charge on any atom is 0.223 e. The van der Waals surface area contributed by atoms with Gasteiger partial charge in [0.1, 0.15) is 0 Å². The van der Waals surface area contributed by atoms with E-state index in [4.69, 9.17) is 9.47 Å². The van der Waals surface area contributed by atoms with Crippen molar-refractivity contribution in [3.05, 3.63) is 59.8 Å². The van der Waals surface area contributed by atoms with Gasteiger partial charge in [0.15, 0.2) is 11.5 Å². The molecule has 1 aliphatic heterocycles. The molecular formula is C25H30N2O3. The maximum absolute atomic E-state index is 13.3. The average molecular weight is 407 g/mol. The Kier molecular flexibility index (Phi) is 5.98. The first-order valence-electron chi connectivity index (χ1n) is 10.7. The van der Waals surface area contributed by atoms with Crippen LogP contribution >= 0.6 is 0 Å². The Bertz CT molecular complexity index is 1020. The van der Waals surface area contributed by atoms with Crippen molar-refractivity contribution in [2.45, 2.75) is 32.1 Å². The fraction of sp³-hybridized carbons (Fsp3) is 0.400. The Morgan fingerprint density at radius 1 is 1.07 bits per heavy atom. The van der Waals surface area contributed by atoms with Crippen molar-refractivity contribution in [3.63, 3.8) is 0 Å². The summed E-state index contributed by atoms with van der Waals surface area (Å²) in [5, 5.41) is 1.13. The summed E-state index contributed by atoms with van der Waals surface area (Å²) in [6.07, 6.45) is 4.58. The number of piperidine rings is 1. The van der Waals surface area contributed by atoms with Crippen molar-refractivity contribution in [2.75, 3.05) is 27.3 Å². The number of aromatic amines is 1. The molecule has 1 amide bonds. The molecule has 2 heterocycles. The highest BCUT2D eigenvalue weighted by Gasteiger charge is 2.29. The topological polar surface area (TPSA) is 54.6 Å². The molecule has 4 rings (SSSR count). The second-order valence-corrected chi connectivity index (χ2v) is 8.19. The first kappa shape index (κ1) is 20.3. The smallest absolute Gasteiger partial charge is 0.223 e. The molecule has 5 nitrogen and oxygen atoms in total. The molecular weight excluding hydrogens is 376 g/mol. The van der Waals surface area contributed by atoms with Crippen molar-refractivity contribution in [3.8, 4) is 11.5 Å². The van der Waals surface area contributed by atoms with Crippen LogP contribution < -0.4 is 9.47 Å². The molecule has 0 unspecified atom stereocenters. The summed E-state index contributed by atoms with van der Waals surface area (Å²) < 4.78 is 11.3. The van der Waals surface area contributed by atoms with Gasteiger partial charge in [-0.2, -0.15) is 0 Å². The van der Waals surface area contributed by atoms with E-state index < -0.39 is 0 Å². The molecule has 1 fully saturated rings. The number of hydrogen-bond acceptors (Lipinski definition) is 3. The molecule has 1 atom stereocenters. The van der Waals surface area contributed by atoms with Crippen LogP contribution in [0.3, 0.4) is 0 Å². The molecule has 0 radical (unpaired) electrons. The zero-order valence-electron chi connectivity index (χ0n) is 18.0. The monoisotopic (exact) mass is 406 g/mol. The van der Waals surface area contributed by atoms with Crippen molar-refractivity contribution in [1.29, 1.82) is 0 Å². The number of methoxy groups -OCH3 is 2. The van der Waals surface area contributed by atoms with E-state index in [1.807, 2.05) is 41.4 Å². The molecule has 0 saturated carbocycles. The first-order chi connectivity index (χ1) is 14.6. The molecule has 1 aliphatic rings. The van der Waals surface area contributed by atoms with Crippen molar-refractivity contribution >= 4 is 16.8 Å². The number of likely N-dealkylation sites (tertiary alicyclic amines) is 1. The summed E-state index contributed by atoms with van der Waals surface area (Å²) in [4.78, 5) is 18.7. The number of amides is 1. The molecule has 30 heavy (non-hydrogen) atoms. The molecule has 1 N–H and O–H groups in total. The van der Waals surface area contributed by atoms with Gasteiger partial charge in [0.05, 0.1) is 14.2 Å². The van der Waals surface area contributed by atoms with Crippen LogP contribution in [0.25, 0.3) is 10.9 Å². The van der Waals surface area contributed by atoms with Crippen molar-refractivity contribution in [1.82, 2.24) is 9.88 Å². The highest BCUT2D eigenvalue weighted by atomic mass is 16.5. The van der Waals surface area contributed by atoms with Crippen molar-refractivity contribution < 1.29 is 14.3 Å². The van der Waals surface area contributed by atoms with Crippen molar-refractivity contribution in [2.24, 2.45) is 5.92 Å². The van der Waals surface area contributed by atoms with E-state index in [2.05, 4.69) is 24.0 Å². The fourth-order valence-electron chi connectivity index (χ4n) is 4.52. The van der Waals surface area contributed by atoms with Gasteiger partial charge < -0.3 is 19.4 Å². The van der Waals surface area contributed by atoms with Crippen LogP contribution in [0.1, 0.15) is 43.2 Å². The number of benzene rings is 2. The number of carbonyl (C=O) groups is 1. The molecule has 1 aromatic heterocycles. The van der Waals surface area contributed by atoms with E-state index >= 15 is 0 Å². The van der Waals surface area contributed by atoms with Gasteiger partial charge in [-0.1, -0.05) is 37.3 Å². The summed E-state index contributed by atoms with van der Waals surface area (Å²) in [7, 11) is 3.30. The van der Waals surface area contributed by atoms with E-state index in [-0.39, 0.29) is 11.8 Å². The van der Waals surface area contributed by atoms with Crippen LogP contribution in [0.4, 0.5) is 0 Å². The minimum Gasteiger partial charge on any atom is -0.493 e. The second-order valence-electron chi connectivity index (χ2n) is 8.19. The normalized spacial score (nSPS) is 15.9. The molecule has 1 saturated heterocycles. The minimum absolute atomic E-state index is 0.127. The lowest BCUT2D eigenvalue weighted by Crippen LogP contribution is -2.38. The van der Waals surface area contributed by atoms with Crippen LogP contribution in [-0.2, 0) is 4.79 Å². The largest absolute Gasteiger partial charge is 0.493 e. The molecule has 3 aromatic rings. The molecule has 0 aliphatic carbocycles. The molecule has 0 spiro atoms. The van der Waals surface area contributed by atoms with Crippen LogP contribution in [0.15, 0.2) is 48.7 Å². The van der Waals surface area contributed by atoms with Gasteiger partial charge in [0, 0.05) is 48.1 Å². The lowest BCUT2D eigenvalue weighted by Gasteiger charge is -2.32. The quantitative estimate of drug-likeness (QED) is 0.629. The van der Waals surface area contributed by atoms with Gasteiger partial charge in [-0.3, -0.25) is 4.79 Å². The van der Waals surface area contributed by atoms with Crippen LogP contribution in [0, 0.1) is 5.92 Å². The predicted molar refractivity (Wildman–Crippen MR) is 119 cm³/mol. The number of aromatic nitrogens is 1. The zero-order valence-corrected chi connectivity index (χ0v) is 18.0. The van der Waals surface area contributed by atoms with Gasteiger partial charge in [0.2, 0.25) is 5.91 Å². The second kappa shape index (κ2) is 8.82. The van der Waals surface area contributed by atoms with Crippen LogP contribution in [0.5, 0.6) is 11.5 Å². The summed E-state index contributed by atoms with van der Waals surface area (Å²) in [6, 6.07) is 14.1. The maximum atomic E-state index is 13.3. The third kappa shape index (κ3) is 3.89. The molecule has 5 heteroatoms. The lowest BCUT2D eigenvalue weighted by molar-refractivity contribution is -0.132. The van der Waals surface area contributed by atoms with E-state index in [9.17, 15) is 4.79 Å². The van der Waals surface area contributed by atoms with Crippen LogP contribution in [-0.4, -0.2) is 43.1 Å². The molecule has 158 valence electrons. The first-order valence-corrected chi connectivity index (χ1v) is 10.7. The van der Waals surface area contributed by atoms with Gasteiger partial charge in [0.25, 0.3) is 0 Å². The molecule has 0 bridgehead atoms. The minimum atomic E-state index is -0.127. The van der Waals surface area contributed by atoms with Crippen LogP contribution in [0.2, 0.25) is 0 Å². The number of rotatable bonds is 6. The van der Waals surface area contributed by atoms with Gasteiger partial charge in [-0.25, -0.2) is 0 Å². The van der Waals surface area contributed by atoms with E-state index in [1.165, 1.54) is 0 Å². The Labute approximate surface area is 178 Å². The Morgan fingerprint density at radius 3 is 2.57 bits per heavy atom. The van der Waals surface area contributed by atoms with Gasteiger partial charge >= 0.3 is 0 Å². The SMILES string of the molecule is COc1cccc([C@@H](CC(=O)N2CCC(C)CC2)c2c[nH]c3ccccc23)c1OC. The number of carbonyl (C=O) groups excluding carboxylic acids is 1. The zero-order chi connectivity index (χ0) is 21.1. The standard InChI is InChI=1S/C25H30N2O3/c1-17-11-13-27(14-12-17)24(28)15-20(19-8-6-10-23(29-2)25(19)30-3)21-16-26-22-9-5-4-7-18(21)22/h4-10,16-17,20,26H,11-15H2,1-3H3/t20-/m1/s1. The van der Waals surface area contributed by atoms with E-state index in [0.29, 0.717) is 23.8 Å². The summed E-state index contributed by atoms with van der Waals surface area (Å²) in [6.45, 7) is 3.95. The predicted octanol–water partition coefficient (Wildman–Crippen LogP) is 4.97. The number of nitrogens with one attached hydrogen (secondary N) is 1. The summed E-state index contributed by atoms with van der Waals surface area (Å²) in [5.74, 6) is 2.13. The molecule has 2 aromatic carbocycles. The summed E-state index contributed by atoms with van der Waals surface area (Å²) in [5.41, 5.74) is 3.15. The van der Waals surface area contributed by atoms with E-state index in [0.717, 1.165) is 48.0 Å². The number of ether oxygens (including phenoxy) is 2. The average Bonchev–Trinajstić information content (AvgIpc) is 3.21. The fourth-order valence-corrected chi connectivity index (χ4v) is 4.52. The number of H-pyrrole nitrogens is 1. The number of fused-ring (bicyclic) bond motifs is 1. The third-order valence-corrected chi connectivity index (χ3v) is 6.32. The lowest BCUT2D eigenvalue weighted by atomic mass is 9.86. The highest BCUT2D eigenvalue weighted by Crippen LogP contribution is 2.42. The highest BCUT2D eigenvalue weighted by molar-refractivity contribution is 5.86. The Morgan fingerprint density at radius 2 is 1.83 bits per heavy atom. The number of nitrogens with zero attached hydrogens (tertiary/aromatic N) is 1. The Balaban J connectivity index is 1.75. The van der Waals surface area contributed by atoms with E-state index in [1.54, 1.807) is 14.2 Å².